The molecule has 4 bridgehead atoms. The maximum absolute atomic E-state index is 12.1. The van der Waals surface area contributed by atoms with Crippen LogP contribution >= 0.6 is 0 Å². The Labute approximate surface area is 98.7 Å². The van der Waals surface area contributed by atoms with Crippen molar-refractivity contribution in [1.82, 2.24) is 0 Å². The molecular formula is C14H24O2. The predicted molar refractivity (Wildman–Crippen MR) is 64.0 cm³/mol. The van der Waals surface area contributed by atoms with Gasteiger partial charge in [0.05, 0.1) is 12.0 Å². The molecule has 16 heavy (non-hydrogen) atoms. The standard InChI is InChI=1S/C13H20O2.CH4/c1-2-15-12(14)13-6-9-3-10(7-13)5-11(4-9)8-13;/h9-11H,2-8H2,1H3;1H4. The Bertz CT molecular complexity index is 247. The number of hydrogen-bond donors (Lipinski definition) is 0. The van der Waals surface area contributed by atoms with E-state index < -0.39 is 0 Å². The average Bonchev–Trinajstić information content (AvgIpc) is 2.15. The van der Waals surface area contributed by atoms with Gasteiger partial charge in [-0.1, -0.05) is 7.43 Å². The van der Waals surface area contributed by atoms with Crippen molar-refractivity contribution < 1.29 is 9.53 Å². The molecule has 0 aromatic heterocycles. The van der Waals surface area contributed by atoms with Crippen LogP contribution in [0.1, 0.15) is 52.9 Å². The second-order valence-corrected chi connectivity index (χ2v) is 5.92. The van der Waals surface area contributed by atoms with Gasteiger partial charge in [0, 0.05) is 0 Å². The zero-order chi connectivity index (χ0) is 10.5. The molecule has 0 heterocycles. The fourth-order valence-corrected chi connectivity index (χ4v) is 4.64. The molecule has 0 saturated heterocycles. The fraction of sp³-hybridized carbons (Fsp3) is 0.929. The summed E-state index contributed by atoms with van der Waals surface area (Å²) in [5, 5.41) is 0. The molecule has 4 aliphatic carbocycles. The molecule has 4 saturated carbocycles. The van der Waals surface area contributed by atoms with E-state index in [2.05, 4.69) is 0 Å². The summed E-state index contributed by atoms with van der Waals surface area (Å²) in [6.45, 7) is 2.46. The summed E-state index contributed by atoms with van der Waals surface area (Å²) in [7, 11) is 0. The molecule has 0 unspecified atom stereocenters. The van der Waals surface area contributed by atoms with Gasteiger partial charge in [0.25, 0.3) is 0 Å². The second-order valence-electron chi connectivity index (χ2n) is 5.92. The van der Waals surface area contributed by atoms with Gasteiger partial charge in [-0.3, -0.25) is 4.79 Å². The first-order valence-corrected chi connectivity index (χ1v) is 6.39. The summed E-state index contributed by atoms with van der Waals surface area (Å²) in [6, 6.07) is 0. The summed E-state index contributed by atoms with van der Waals surface area (Å²) in [5.74, 6) is 2.62. The molecule has 4 rings (SSSR count). The molecule has 0 radical (unpaired) electrons. The average molecular weight is 224 g/mol. The van der Waals surface area contributed by atoms with Crippen molar-refractivity contribution in [2.75, 3.05) is 6.61 Å². The van der Waals surface area contributed by atoms with Crippen LogP contribution in [0.2, 0.25) is 0 Å². The highest BCUT2D eigenvalue weighted by Gasteiger charge is 2.55. The van der Waals surface area contributed by atoms with Crippen molar-refractivity contribution in [1.29, 1.82) is 0 Å². The summed E-state index contributed by atoms with van der Waals surface area (Å²) in [5.41, 5.74) is -0.0508. The maximum atomic E-state index is 12.1. The van der Waals surface area contributed by atoms with Crippen molar-refractivity contribution in [2.45, 2.75) is 52.9 Å². The maximum Gasteiger partial charge on any atom is 0.312 e. The number of ether oxygens (including phenoxy) is 1. The SMILES string of the molecule is C.CCOC(=O)C12CC3CC(CC(C3)C1)C2. The van der Waals surface area contributed by atoms with E-state index in [1.54, 1.807) is 0 Å². The lowest BCUT2D eigenvalue weighted by molar-refractivity contribution is -0.171. The minimum absolute atomic E-state index is 0. The summed E-state index contributed by atoms with van der Waals surface area (Å²) >= 11 is 0. The van der Waals surface area contributed by atoms with Crippen LogP contribution in [0.15, 0.2) is 0 Å². The van der Waals surface area contributed by atoms with E-state index in [4.69, 9.17) is 4.74 Å². The first-order chi connectivity index (χ1) is 7.22. The molecule has 0 aromatic rings. The summed E-state index contributed by atoms with van der Waals surface area (Å²) in [4.78, 5) is 12.1. The van der Waals surface area contributed by atoms with Crippen LogP contribution in [0.5, 0.6) is 0 Å². The van der Waals surface area contributed by atoms with Crippen LogP contribution in [0.25, 0.3) is 0 Å². The molecule has 0 atom stereocenters. The van der Waals surface area contributed by atoms with Gasteiger partial charge in [0.2, 0.25) is 0 Å². The summed E-state index contributed by atoms with van der Waals surface area (Å²) < 4.78 is 5.29. The van der Waals surface area contributed by atoms with Crippen molar-refractivity contribution >= 4 is 5.97 Å². The third kappa shape index (κ3) is 1.66. The van der Waals surface area contributed by atoms with Crippen molar-refractivity contribution in [3.63, 3.8) is 0 Å². The number of carbonyl (C=O) groups is 1. The van der Waals surface area contributed by atoms with E-state index in [9.17, 15) is 4.79 Å². The number of hydrogen-bond acceptors (Lipinski definition) is 2. The quantitative estimate of drug-likeness (QED) is 0.672. The molecule has 0 aliphatic heterocycles. The van der Waals surface area contributed by atoms with Crippen LogP contribution in [-0.2, 0) is 9.53 Å². The van der Waals surface area contributed by atoms with E-state index in [1.807, 2.05) is 6.92 Å². The fourth-order valence-electron chi connectivity index (χ4n) is 4.64. The zero-order valence-corrected chi connectivity index (χ0v) is 9.50. The number of rotatable bonds is 2. The van der Waals surface area contributed by atoms with Gasteiger partial charge in [-0.2, -0.15) is 0 Å². The first-order valence-electron chi connectivity index (χ1n) is 6.39. The zero-order valence-electron chi connectivity index (χ0n) is 9.50. The molecule has 2 heteroatoms. The van der Waals surface area contributed by atoms with E-state index in [-0.39, 0.29) is 18.8 Å². The molecular weight excluding hydrogens is 200 g/mol. The Morgan fingerprint density at radius 3 is 1.94 bits per heavy atom. The number of carbonyl (C=O) groups excluding carboxylic acids is 1. The minimum Gasteiger partial charge on any atom is -0.466 e. The van der Waals surface area contributed by atoms with Crippen LogP contribution in [0.4, 0.5) is 0 Å². The highest BCUT2D eigenvalue weighted by atomic mass is 16.5. The Balaban J connectivity index is 0.000000963. The Morgan fingerprint density at radius 1 is 1.12 bits per heavy atom. The molecule has 0 spiro atoms. The van der Waals surface area contributed by atoms with Crippen LogP contribution in [0.3, 0.4) is 0 Å². The lowest BCUT2D eigenvalue weighted by atomic mass is 9.49. The Hall–Kier alpha value is -0.530. The lowest BCUT2D eigenvalue weighted by Gasteiger charge is -2.55. The Morgan fingerprint density at radius 2 is 1.56 bits per heavy atom. The summed E-state index contributed by atoms with van der Waals surface area (Å²) in [6.07, 6.45) is 7.53. The molecule has 0 aromatic carbocycles. The van der Waals surface area contributed by atoms with E-state index in [0.717, 1.165) is 37.0 Å². The molecule has 92 valence electrons. The molecule has 4 fully saturated rings. The monoisotopic (exact) mass is 224 g/mol. The topological polar surface area (TPSA) is 26.3 Å². The van der Waals surface area contributed by atoms with Gasteiger partial charge < -0.3 is 4.74 Å². The predicted octanol–water partition coefficient (Wildman–Crippen LogP) is 3.40. The second kappa shape index (κ2) is 4.05. The first kappa shape index (κ1) is 11.9. The highest BCUT2D eigenvalue weighted by molar-refractivity contribution is 5.77. The van der Waals surface area contributed by atoms with Gasteiger partial charge in [0.1, 0.15) is 0 Å². The van der Waals surface area contributed by atoms with Gasteiger partial charge >= 0.3 is 5.97 Å². The van der Waals surface area contributed by atoms with E-state index in [0.29, 0.717) is 6.61 Å². The van der Waals surface area contributed by atoms with Crippen LogP contribution in [-0.4, -0.2) is 12.6 Å². The van der Waals surface area contributed by atoms with Gasteiger partial charge in [-0.05, 0) is 63.2 Å². The van der Waals surface area contributed by atoms with Crippen molar-refractivity contribution in [2.24, 2.45) is 23.2 Å². The van der Waals surface area contributed by atoms with Gasteiger partial charge in [-0.15, -0.1) is 0 Å². The molecule has 2 nitrogen and oxygen atoms in total. The number of esters is 1. The lowest BCUT2D eigenvalue weighted by Crippen LogP contribution is -2.50. The molecule has 4 aliphatic rings. The minimum atomic E-state index is -0.0508. The Kier molecular flexibility index (Phi) is 3.02. The van der Waals surface area contributed by atoms with Crippen LogP contribution < -0.4 is 0 Å². The van der Waals surface area contributed by atoms with E-state index in [1.165, 1.54) is 19.3 Å². The van der Waals surface area contributed by atoms with Crippen molar-refractivity contribution in [3.8, 4) is 0 Å². The highest BCUT2D eigenvalue weighted by Crippen LogP contribution is 2.60. The molecule has 0 amide bonds. The largest absolute Gasteiger partial charge is 0.466 e. The third-order valence-corrected chi connectivity index (χ3v) is 4.75. The van der Waals surface area contributed by atoms with Crippen LogP contribution in [0, 0.1) is 23.2 Å². The smallest absolute Gasteiger partial charge is 0.312 e. The van der Waals surface area contributed by atoms with Crippen molar-refractivity contribution in [3.05, 3.63) is 0 Å². The van der Waals surface area contributed by atoms with Gasteiger partial charge in [-0.25, -0.2) is 0 Å². The normalized spacial score (nSPS) is 43.9. The molecule has 0 N–H and O–H groups in total. The third-order valence-electron chi connectivity index (χ3n) is 4.75. The van der Waals surface area contributed by atoms with E-state index >= 15 is 0 Å². The van der Waals surface area contributed by atoms with Gasteiger partial charge in [0.15, 0.2) is 0 Å².